The van der Waals surface area contributed by atoms with Crippen molar-refractivity contribution in [3.8, 4) is 0 Å². The van der Waals surface area contributed by atoms with Gasteiger partial charge in [-0.25, -0.2) is 12.4 Å². The Balaban J connectivity index is 2.14. The van der Waals surface area contributed by atoms with Gasteiger partial charge in [0.25, 0.3) is 10.0 Å². The minimum Gasteiger partial charge on any atom is -0.309 e. The smallest absolute Gasteiger partial charge is 0.268 e. The molecular weight excluding hydrogens is 468 g/mol. The van der Waals surface area contributed by atoms with Crippen LogP contribution in [0.15, 0.2) is 56.7 Å². The molecule has 156 valence electrons. The third-order valence-corrected chi connectivity index (χ3v) is 8.43. The maximum atomic E-state index is 13.6. The van der Waals surface area contributed by atoms with E-state index in [9.17, 15) is 8.42 Å². The zero-order valence-corrected chi connectivity index (χ0v) is 20.7. The first-order chi connectivity index (χ1) is 13.6. The summed E-state index contributed by atoms with van der Waals surface area (Å²) in [7, 11) is 0.386. The molecule has 0 amide bonds. The van der Waals surface area contributed by atoms with E-state index in [0.717, 1.165) is 38.3 Å². The van der Waals surface area contributed by atoms with Crippen LogP contribution in [-0.2, 0) is 10.0 Å². The monoisotopic (exact) mass is 494 g/mol. The molecule has 0 saturated carbocycles. The van der Waals surface area contributed by atoms with Crippen molar-refractivity contribution in [1.29, 1.82) is 0 Å². The lowest BCUT2D eigenvalue weighted by atomic mass is 10.0. The number of thioether (sulfide) groups is 1. The number of benzene rings is 2. The van der Waals surface area contributed by atoms with E-state index in [1.54, 1.807) is 23.9 Å². The minimum atomic E-state index is -3.69. The highest BCUT2D eigenvalue weighted by Crippen LogP contribution is 2.37. The second-order valence-corrected chi connectivity index (χ2v) is 11.5. The maximum Gasteiger partial charge on any atom is 0.268 e. The van der Waals surface area contributed by atoms with Gasteiger partial charge in [-0.05, 0) is 62.8 Å². The molecule has 29 heavy (non-hydrogen) atoms. The molecule has 0 unspecified atom stereocenters. The molecule has 2 aromatic carbocycles. The summed E-state index contributed by atoms with van der Waals surface area (Å²) in [6.07, 6.45) is 0. The Bertz CT molecular complexity index is 1120. The Morgan fingerprint density at radius 3 is 2.34 bits per heavy atom. The number of rotatable bonds is 7. The van der Waals surface area contributed by atoms with Gasteiger partial charge in [-0.2, -0.15) is 0 Å². The van der Waals surface area contributed by atoms with Crippen LogP contribution in [0.1, 0.15) is 31.0 Å². The van der Waals surface area contributed by atoms with Gasteiger partial charge >= 0.3 is 0 Å². The number of fused-ring (bicyclic) bond motifs is 1. The number of nitrogens with zero attached hydrogens (tertiary/aromatic N) is 2. The average Bonchev–Trinajstić information content (AvgIpc) is 2.93. The summed E-state index contributed by atoms with van der Waals surface area (Å²) < 4.78 is 29.6. The summed E-state index contributed by atoms with van der Waals surface area (Å²) in [5.74, 6) is 1.25. The molecule has 1 heterocycles. The molecule has 7 heteroatoms. The van der Waals surface area contributed by atoms with Gasteiger partial charge in [0.1, 0.15) is 0 Å². The molecule has 4 nitrogen and oxygen atoms in total. The van der Waals surface area contributed by atoms with Crippen LogP contribution < -0.4 is 0 Å². The van der Waals surface area contributed by atoms with Gasteiger partial charge < -0.3 is 4.90 Å². The van der Waals surface area contributed by atoms with Crippen molar-refractivity contribution in [2.24, 2.45) is 0 Å². The minimum absolute atomic E-state index is 0.315. The zero-order chi connectivity index (χ0) is 21.3. The summed E-state index contributed by atoms with van der Waals surface area (Å²) in [6.45, 7) is 7.02. The van der Waals surface area contributed by atoms with Crippen LogP contribution >= 0.6 is 27.7 Å². The van der Waals surface area contributed by atoms with E-state index in [2.05, 4.69) is 34.7 Å². The van der Waals surface area contributed by atoms with Crippen molar-refractivity contribution in [2.45, 2.75) is 36.5 Å². The van der Waals surface area contributed by atoms with E-state index < -0.39 is 10.0 Å². The molecule has 0 bridgehead atoms. The van der Waals surface area contributed by atoms with E-state index in [4.69, 9.17) is 0 Å². The van der Waals surface area contributed by atoms with Gasteiger partial charge in [0.05, 0.1) is 10.4 Å². The van der Waals surface area contributed by atoms with Gasteiger partial charge in [-0.1, -0.05) is 41.9 Å². The molecule has 0 aliphatic carbocycles. The predicted octanol–water partition coefficient (Wildman–Crippen LogP) is 5.73. The molecule has 0 radical (unpaired) electrons. The predicted molar refractivity (Wildman–Crippen MR) is 127 cm³/mol. The first kappa shape index (κ1) is 22.4. The Labute approximate surface area is 186 Å². The van der Waals surface area contributed by atoms with Crippen molar-refractivity contribution >= 4 is 48.6 Å². The molecular formula is C22H27BrN2O2S2. The van der Waals surface area contributed by atoms with Crippen LogP contribution in [0.2, 0.25) is 0 Å². The Morgan fingerprint density at radius 1 is 1.10 bits per heavy atom. The highest BCUT2D eigenvalue weighted by atomic mass is 79.9. The second-order valence-electron chi connectivity index (χ2n) is 7.72. The normalized spacial score (nSPS) is 12.4. The molecule has 0 atom stereocenters. The molecule has 0 saturated heterocycles. The summed E-state index contributed by atoms with van der Waals surface area (Å²) in [5, 5.41) is 0.961. The maximum absolute atomic E-state index is 13.6. The van der Waals surface area contributed by atoms with Crippen LogP contribution in [0.4, 0.5) is 0 Å². The first-order valence-electron chi connectivity index (χ1n) is 9.56. The highest BCUT2D eigenvalue weighted by molar-refractivity contribution is 9.10. The van der Waals surface area contributed by atoms with Crippen molar-refractivity contribution in [3.63, 3.8) is 0 Å². The van der Waals surface area contributed by atoms with Crippen molar-refractivity contribution in [3.05, 3.63) is 58.2 Å². The Kier molecular flexibility index (Phi) is 6.83. The molecule has 3 rings (SSSR count). The van der Waals surface area contributed by atoms with E-state index in [1.807, 2.05) is 51.4 Å². The zero-order valence-electron chi connectivity index (χ0n) is 17.4. The van der Waals surface area contributed by atoms with E-state index >= 15 is 0 Å². The lowest BCUT2D eigenvalue weighted by molar-refractivity contribution is 0.437. The highest BCUT2D eigenvalue weighted by Gasteiger charge is 2.25. The molecule has 0 N–H and O–H groups in total. The van der Waals surface area contributed by atoms with Crippen molar-refractivity contribution in [2.75, 3.05) is 26.4 Å². The number of hydrogen-bond donors (Lipinski definition) is 0. The van der Waals surface area contributed by atoms with Crippen LogP contribution in [0.3, 0.4) is 0 Å². The third-order valence-electron chi connectivity index (χ3n) is 4.93. The summed E-state index contributed by atoms with van der Waals surface area (Å²) in [4.78, 5) is 3.46. The molecule has 1 aromatic heterocycles. The van der Waals surface area contributed by atoms with Crippen LogP contribution in [0, 0.1) is 6.92 Å². The number of hydrogen-bond acceptors (Lipinski definition) is 4. The lowest BCUT2D eigenvalue weighted by Crippen LogP contribution is -2.15. The molecule has 3 aromatic rings. The van der Waals surface area contributed by atoms with Crippen LogP contribution in [0.25, 0.3) is 10.9 Å². The van der Waals surface area contributed by atoms with E-state index in [0.29, 0.717) is 16.3 Å². The summed E-state index contributed by atoms with van der Waals surface area (Å²) in [5.41, 5.74) is 2.60. The van der Waals surface area contributed by atoms with Gasteiger partial charge in [0.2, 0.25) is 0 Å². The SMILES string of the molecule is Cc1c(SCCN(C)C)c2cc(Br)ccc2n1S(=O)(=O)c1ccc(C(C)C)cc1. The number of aromatic nitrogens is 1. The van der Waals surface area contributed by atoms with Crippen molar-refractivity contribution in [1.82, 2.24) is 8.87 Å². The van der Waals surface area contributed by atoms with Gasteiger partial charge in [-0.15, -0.1) is 11.8 Å². The van der Waals surface area contributed by atoms with Gasteiger partial charge in [0, 0.05) is 32.7 Å². The Hall–Kier alpha value is -1.28. The largest absolute Gasteiger partial charge is 0.309 e. The van der Waals surface area contributed by atoms with E-state index in [-0.39, 0.29) is 0 Å². The van der Waals surface area contributed by atoms with Gasteiger partial charge in [-0.3, -0.25) is 0 Å². The fourth-order valence-electron chi connectivity index (χ4n) is 3.29. The fourth-order valence-corrected chi connectivity index (χ4v) is 6.55. The van der Waals surface area contributed by atoms with Gasteiger partial charge in [0.15, 0.2) is 0 Å². The fraction of sp³-hybridized carbons (Fsp3) is 0.364. The lowest BCUT2D eigenvalue weighted by Gasteiger charge is -2.12. The average molecular weight is 496 g/mol. The molecule has 0 aliphatic rings. The van der Waals surface area contributed by atoms with Crippen molar-refractivity contribution < 1.29 is 8.42 Å². The second kappa shape index (κ2) is 8.84. The molecule has 0 aliphatic heterocycles. The standard InChI is InChI=1S/C22H27BrN2O2S2/c1-15(2)17-6-9-19(10-7-17)29(26,27)25-16(3)22(28-13-12-24(4)5)20-14-18(23)8-11-21(20)25/h6-11,14-15H,12-13H2,1-5H3. The topological polar surface area (TPSA) is 42.3 Å². The number of halogens is 1. The van der Waals surface area contributed by atoms with Crippen LogP contribution in [0.5, 0.6) is 0 Å². The third kappa shape index (κ3) is 4.58. The Morgan fingerprint density at radius 2 is 1.76 bits per heavy atom. The molecule has 0 spiro atoms. The summed E-state index contributed by atoms with van der Waals surface area (Å²) in [6, 6.07) is 13.0. The quantitative estimate of drug-likeness (QED) is 0.393. The molecule has 0 fully saturated rings. The summed E-state index contributed by atoms with van der Waals surface area (Å²) >= 11 is 5.24. The first-order valence-corrected chi connectivity index (χ1v) is 12.8. The van der Waals surface area contributed by atoms with Crippen LogP contribution in [-0.4, -0.2) is 43.7 Å². The van der Waals surface area contributed by atoms with E-state index in [1.165, 1.54) is 3.97 Å².